The molecule has 0 aliphatic carbocycles. The van der Waals surface area contributed by atoms with Crippen LogP contribution in [0.15, 0.2) is 42.5 Å². The SMILES string of the molecule is C[Si]1(c2ccccc2)CCN(c2c(F)cc([N+](=O)[O-])cc2F)CC1. The molecule has 0 bridgehead atoms. The second-order valence-corrected chi connectivity index (χ2v) is 11.1. The van der Waals surface area contributed by atoms with E-state index in [1.165, 1.54) is 5.19 Å². The van der Waals surface area contributed by atoms with E-state index in [0.717, 1.165) is 24.2 Å². The molecule has 1 fully saturated rings. The van der Waals surface area contributed by atoms with Crippen LogP contribution in [0.5, 0.6) is 0 Å². The van der Waals surface area contributed by atoms with Crippen molar-refractivity contribution in [1.82, 2.24) is 0 Å². The van der Waals surface area contributed by atoms with Crippen molar-refractivity contribution < 1.29 is 13.7 Å². The summed E-state index contributed by atoms with van der Waals surface area (Å²) in [5.74, 6) is -1.74. The van der Waals surface area contributed by atoms with Gasteiger partial charge in [0, 0.05) is 13.1 Å². The van der Waals surface area contributed by atoms with Gasteiger partial charge in [-0.25, -0.2) is 8.78 Å². The van der Waals surface area contributed by atoms with Gasteiger partial charge in [0.05, 0.1) is 25.1 Å². The maximum Gasteiger partial charge on any atom is 0.275 e. The van der Waals surface area contributed by atoms with Crippen molar-refractivity contribution in [2.24, 2.45) is 0 Å². The highest BCUT2D eigenvalue weighted by atomic mass is 28.3. The van der Waals surface area contributed by atoms with Gasteiger partial charge in [-0.3, -0.25) is 10.1 Å². The van der Waals surface area contributed by atoms with E-state index in [1.807, 2.05) is 18.2 Å². The van der Waals surface area contributed by atoms with Crippen molar-refractivity contribution in [2.75, 3.05) is 18.0 Å². The van der Waals surface area contributed by atoms with Gasteiger partial charge >= 0.3 is 0 Å². The molecule has 3 rings (SSSR count). The molecule has 7 heteroatoms. The molecule has 1 aliphatic rings. The minimum Gasteiger partial charge on any atom is -0.367 e. The standard InChI is InChI=1S/C17H18F2N2O2Si/c1-24(14-5-3-2-4-6-14)9-7-20(8-10-24)17-15(18)11-13(21(22)23)12-16(17)19/h2-6,11-12H,7-10H2,1H3. The van der Waals surface area contributed by atoms with E-state index >= 15 is 0 Å². The number of non-ortho nitro benzene ring substituents is 1. The molecule has 0 aromatic heterocycles. The van der Waals surface area contributed by atoms with Crippen LogP contribution in [0.4, 0.5) is 20.2 Å². The second-order valence-electron chi connectivity index (χ2n) is 6.43. The summed E-state index contributed by atoms with van der Waals surface area (Å²) in [6.45, 7) is 3.41. The topological polar surface area (TPSA) is 46.4 Å². The number of rotatable bonds is 3. The average Bonchev–Trinajstić information content (AvgIpc) is 2.57. The Morgan fingerprint density at radius 3 is 2.12 bits per heavy atom. The highest BCUT2D eigenvalue weighted by Crippen LogP contribution is 2.32. The van der Waals surface area contributed by atoms with Crippen LogP contribution in [0.1, 0.15) is 0 Å². The maximum atomic E-state index is 14.2. The lowest BCUT2D eigenvalue weighted by Gasteiger charge is -2.39. The molecule has 126 valence electrons. The first-order valence-electron chi connectivity index (χ1n) is 7.85. The number of nitrogens with zero attached hydrogens (tertiary/aromatic N) is 2. The van der Waals surface area contributed by atoms with Crippen molar-refractivity contribution in [2.45, 2.75) is 18.6 Å². The van der Waals surface area contributed by atoms with E-state index in [0.29, 0.717) is 13.1 Å². The zero-order chi connectivity index (χ0) is 17.3. The van der Waals surface area contributed by atoms with Crippen LogP contribution in [0.2, 0.25) is 18.6 Å². The van der Waals surface area contributed by atoms with Crippen molar-refractivity contribution in [1.29, 1.82) is 0 Å². The number of anilines is 1. The zero-order valence-corrected chi connectivity index (χ0v) is 14.3. The Hall–Kier alpha value is -2.28. The van der Waals surface area contributed by atoms with E-state index in [1.54, 1.807) is 4.90 Å². The van der Waals surface area contributed by atoms with Crippen molar-refractivity contribution >= 4 is 24.6 Å². The Bertz CT molecular complexity index is 739. The lowest BCUT2D eigenvalue weighted by atomic mass is 10.2. The summed E-state index contributed by atoms with van der Waals surface area (Å²) in [5, 5.41) is 12.1. The largest absolute Gasteiger partial charge is 0.367 e. The molecule has 0 N–H and O–H groups in total. The Kier molecular flexibility index (Phi) is 4.36. The van der Waals surface area contributed by atoms with Crippen molar-refractivity contribution in [3.8, 4) is 0 Å². The third-order valence-corrected chi connectivity index (χ3v) is 9.25. The quantitative estimate of drug-likeness (QED) is 0.483. The number of nitro groups is 1. The normalized spacial score (nSPS) is 16.9. The van der Waals surface area contributed by atoms with E-state index in [9.17, 15) is 18.9 Å². The Labute approximate surface area is 139 Å². The minimum atomic E-state index is -1.65. The molecule has 24 heavy (non-hydrogen) atoms. The van der Waals surface area contributed by atoms with Crippen molar-refractivity contribution in [3.05, 3.63) is 64.2 Å². The van der Waals surface area contributed by atoms with E-state index < -0.39 is 30.3 Å². The third kappa shape index (κ3) is 3.03. The maximum absolute atomic E-state index is 14.2. The number of hydrogen-bond acceptors (Lipinski definition) is 3. The van der Waals surface area contributed by atoms with Gasteiger partial charge in [0.15, 0.2) is 11.6 Å². The van der Waals surface area contributed by atoms with Gasteiger partial charge in [-0.1, -0.05) is 42.1 Å². The molecular weight excluding hydrogens is 330 g/mol. The van der Waals surface area contributed by atoms with Crippen LogP contribution in [-0.2, 0) is 0 Å². The first kappa shape index (κ1) is 16.6. The molecule has 0 radical (unpaired) electrons. The van der Waals surface area contributed by atoms with Gasteiger partial charge in [0.1, 0.15) is 5.69 Å². The Balaban J connectivity index is 1.81. The fourth-order valence-corrected chi connectivity index (χ4v) is 6.66. The summed E-state index contributed by atoms with van der Waals surface area (Å²) < 4.78 is 28.4. The van der Waals surface area contributed by atoms with Gasteiger partial charge in [-0.2, -0.15) is 0 Å². The molecule has 2 aromatic carbocycles. The summed E-state index contributed by atoms with van der Waals surface area (Å²) in [6, 6.07) is 13.7. The zero-order valence-electron chi connectivity index (χ0n) is 13.3. The fraction of sp³-hybridized carbons (Fsp3) is 0.294. The number of halogens is 2. The predicted octanol–water partition coefficient (Wildman–Crippen LogP) is 3.68. The Morgan fingerprint density at radius 2 is 1.62 bits per heavy atom. The molecule has 0 saturated carbocycles. The molecular formula is C17H18F2N2O2Si. The molecule has 0 unspecified atom stereocenters. The van der Waals surface area contributed by atoms with Crippen LogP contribution >= 0.6 is 0 Å². The minimum absolute atomic E-state index is 0.148. The fourth-order valence-electron chi connectivity index (χ4n) is 3.31. The number of hydrogen-bond donors (Lipinski definition) is 0. The lowest BCUT2D eigenvalue weighted by molar-refractivity contribution is -0.385. The lowest BCUT2D eigenvalue weighted by Crippen LogP contribution is -2.53. The van der Waals surface area contributed by atoms with E-state index in [4.69, 9.17) is 0 Å². The van der Waals surface area contributed by atoms with Gasteiger partial charge in [0.25, 0.3) is 5.69 Å². The number of benzene rings is 2. The molecule has 1 saturated heterocycles. The first-order chi connectivity index (χ1) is 11.4. The average molecular weight is 348 g/mol. The van der Waals surface area contributed by atoms with Gasteiger partial charge in [0.2, 0.25) is 0 Å². The van der Waals surface area contributed by atoms with Gasteiger partial charge < -0.3 is 4.90 Å². The van der Waals surface area contributed by atoms with E-state index in [2.05, 4.69) is 18.7 Å². The summed E-state index contributed by atoms with van der Waals surface area (Å²) in [5.41, 5.74) is -0.709. The molecule has 0 amide bonds. The molecule has 2 aromatic rings. The van der Waals surface area contributed by atoms with Crippen molar-refractivity contribution in [3.63, 3.8) is 0 Å². The van der Waals surface area contributed by atoms with Gasteiger partial charge in [-0.15, -0.1) is 0 Å². The smallest absolute Gasteiger partial charge is 0.275 e. The van der Waals surface area contributed by atoms with Gasteiger partial charge in [-0.05, 0) is 12.1 Å². The highest BCUT2D eigenvalue weighted by molar-refractivity contribution is 6.91. The van der Waals surface area contributed by atoms with Crippen LogP contribution in [0.3, 0.4) is 0 Å². The summed E-state index contributed by atoms with van der Waals surface area (Å²) >= 11 is 0. The van der Waals surface area contributed by atoms with Crippen LogP contribution in [-0.4, -0.2) is 26.1 Å². The molecule has 0 atom stereocenters. The molecule has 1 heterocycles. The molecule has 0 spiro atoms. The number of nitro benzene ring substituents is 1. The summed E-state index contributed by atoms with van der Waals surface area (Å²) in [6.07, 6.45) is 0. The van der Waals surface area contributed by atoms with Crippen LogP contribution in [0.25, 0.3) is 0 Å². The Morgan fingerprint density at radius 1 is 1.08 bits per heavy atom. The summed E-state index contributed by atoms with van der Waals surface area (Å²) in [7, 11) is -1.65. The van der Waals surface area contributed by atoms with Crippen LogP contribution < -0.4 is 10.1 Å². The van der Waals surface area contributed by atoms with E-state index in [-0.39, 0.29) is 5.69 Å². The molecule has 1 aliphatic heterocycles. The first-order valence-corrected chi connectivity index (χ1v) is 10.8. The monoisotopic (exact) mass is 348 g/mol. The molecule has 4 nitrogen and oxygen atoms in total. The predicted molar refractivity (Wildman–Crippen MR) is 92.5 cm³/mol. The second kappa shape index (κ2) is 6.31. The summed E-state index contributed by atoms with van der Waals surface area (Å²) in [4.78, 5) is 11.6. The van der Waals surface area contributed by atoms with Crippen LogP contribution in [0, 0.1) is 21.7 Å². The highest BCUT2D eigenvalue weighted by Gasteiger charge is 2.35. The third-order valence-electron chi connectivity index (χ3n) is 4.87.